The van der Waals surface area contributed by atoms with Gasteiger partial charge in [0.25, 0.3) is 0 Å². The molecule has 0 aliphatic rings. The summed E-state index contributed by atoms with van der Waals surface area (Å²) in [6, 6.07) is 13.9. The van der Waals surface area contributed by atoms with Gasteiger partial charge in [-0.15, -0.1) is 0 Å². The van der Waals surface area contributed by atoms with Crippen molar-refractivity contribution < 1.29 is 28.8 Å². The van der Waals surface area contributed by atoms with E-state index in [1.165, 1.54) is 13.8 Å². The second-order valence-corrected chi connectivity index (χ2v) is 13.5. The number of amides is 4. The number of benzene rings is 2. The standard InChI is InChI=1S/C39H54N8O6/c1-4-5-16-32(46-25(3)48)38(53)47-33(19-26-12-7-6-8-13-26)35(50)21-27(14-11-18-43-39(41)42)37(52)45-24(2)34(49)22-28(36(40)51)20-29-23-44-31-17-10-9-15-30(29)31/h6-10,12-13,15,17,23-24,27-28,32-33,44H,4-5,11,14,16,18-22H2,1-3H3,(H2,40,51)(H,45,52)(H,46,48)(H,47,53)(H4,41,42,43)/t24-,27+,28+,32-,33+/m0/s1. The number of aliphatic imine (C=N–C) groups is 1. The number of primary amides is 1. The average molecular weight is 731 g/mol. The number of nitrogens with two attached hydrogens (primary N) is 3. The molecule has 10 N–H and O–H groups in total. The summed E-state index contributed by atoms with van der Waals surface area (Å²) in [5.74, 6) is -4.63. The lowest BCUT2D eigenvalue weighted by molar-refractivity contribution is -0.134. The van der Waals surface area contributed by atoms with Crippen LogP contribution in [0, 0.1) is 11.8 Å². The number of ketones is 2. The molecule has 0 spiro atoms. The van der Waals surface area contributed by atoms with E-state index in [4.69, 9.17) is 17.2 Å². The van der Waals surface area contributed by atoms with Gasteiger partial charge in [-0.25, -0.2) is 0 Å². The van der Waals surface area contributed by atoms with Gasteiger partial charge in [0.2, 0.25) is 23.6 Å². The number of nitrogens with one attached hydrogen (secondary N) is 4. The van der Waals surface area contributed by atoms with E-state index in [1.807, 2.05) is 61.5 Å². The molecule has 0 unspecified atom stereocenters. The second-order valence-electron chi connectivity index (χ2n) is 13.5. The lowest BCUT2D eigenvalue weighted by atomic mass is 9.89. The van der Waals surface area contributed by atoms with Crippen LogP contribution in [0.4, 0.5) is 0 Å². The summed E-state index contributed by atoms with van der Waals surface area (Å²) < 4.78 is 0. The van der Waals surface area contributed by atoms with Crippen molar-refractivity contribution >= 4 is 52.1 Å². The molecule has 14 nitrogen and oxygen atoms in total. The molecule has 0 radical (unpaired) electrons. The fourth-order valence-corrected chi connectivity index (χ4v) is 6.22. The van der Waals surface area contributed by atoms with Crippen molar-refractivity contribution in [1.29, 1.82) is 0 Å². The van der Waals surface area contributed by atoms with E-state index >= 15 is 0 Å². The Morgan fingerprint density at radius 2 is 1.43 bits per heavy atom. The Morgan fingerprint density at radius 3 is 2.09 bits per heavy atom. The fraction of sp³-hybridized carbons (Fsp3) is 0.462. The van der Waals surface area contributed by atoms with Crippen LogP contribution >= 0.6 is 0 Å². The number of hydrogen-bond acceptors (Lipinski definition) is 7. The van der Waals surface area contributed by atoms with Crippen LogP contribution in [0.15, 0.2) is 65.8 Å². The van der Waals surface area contributed by atoms with Gasteiger partial charge in [-0.3, -0.25) is 33.8 Å². The minimum Gasteiger partial charge on any atom is -0.370 e. The van der Waals surface area contributed by atoms with Crippen molar-refractivity contribution in [2.75, 3.05) is 6.54 Å². The third kappa shape index (κ3) is 13.8. The van der Waals surface area contributed by atoms with Crippen molar-refractivity contribution in [2.24, 2.45) is 34.0 Å². The summed E-state index contributed by atoms with van der Waals surface area (Å²) in [7, 11) is 0. The number of guanidine groups is 1. The van der Waals surface area contributed by atoms with Gasteiger partial charge in [0.05, 0.1) is 12.1 Å². The third-order valence-corrected chi connectivity index (χ3v) is 9.18. The van der Waals surface area contributed by atoms with Crippen LogP contribution in [0.2, 0.25) is 0 Å². The number of nitrogens with zero attached hydrogens (tertiary/aromatic N) is 1. The zero-order chi connectivity index (χ0) is 38.9. The summed E-state index contributed by atoms with van der Waals surface area (Å²) in [4.78, 5) is 86.1. The maximum absolute atomic E-state index is 14.0. The predicted octanol–water partition coefficient (Wildman–Crippen LogP) is 2.33. The number of rotatable bonds is 23. The van der Waals surface area contributed by atoms with Crippen LogP contribution < -0.4 is 33.2 Å². The fourth-order valence-electron chi connectivity index (χ4n) is 6.22. The monoisotopic (exact) mass is 730 g/mol. The number of Topliss-reactive ketones (excluding diaryl/α,β-unsaturated/α-hetero) is 2. The molecule has 0 bridgehead atoms. The number of carbonyl (C=O) groups is 6. The summed E-state index contributed by atoms with van der Waals surface area (Å²) in [5, 5.41) is 9.18. The highest BCUT2D eigenvalue weighted by molar-refractivity contribution is 5.96. The largest absolute Gasteiger partial charge is 0.370 e. The van der Waals surface area contributed by atoms with Gasteiger partial charge in [-0.1, -0.05) is 68.3 Å². The minimum absolute atomic E-state index is 0.111. The number of H-pyrrole nitrogens is 1. The maximum Gasteiger partial charge on any atom is 0.243 e. The number of unbranched alkanes of at least 4 members (excludes halogenated alkanes) is 1. The van der Waals surface area contributed by atoms with E-state index in [-0.39, 0.29) is 50.5 Å². The lowest BCUT2D eigenvalue weighted by Crippen LogP contribution is -2.52. The van der Waals surface area contributed by atoms with Crippen LogP contribution in [-0.4, -0.2) is 70.8 Å². The van der Waals surface area contributed by atoms with E-state index in [0.717, 1.165) is 28.5 Å². The molecule has 14 heteroatoms. The maximum atomic E-state index is 14.0. The van der Waals surface area contributed by atoms with Gasteiger partial charge < -0.3 is 38.1 Å². The summed E-state index contributed by atoms with van der Waals surface area (Å²) in [6.07, 6.45) is 4.20. The van der Waals surface area contributed by atoms with E-state index < -0.39 is 59.2 Å². The van der Waals surface area contributed by atoms with Crippen LogP contribution in [-0.2, 0) is 41.6 Å². The van der Waals surface area contributed by atoms with E-state index in [2.05, 4.69) is 25.9 Å². The first-order chi connectivity index (χ1) is 25.3. The number of aromatic nitrogens is 1. The van der Waals surface area contributed by atoms with Crippen molar-refractivity contribution in [1.82, 2.24) is 20.9 Å². The highest BCUT2D eigenvalue weighted by Crippen LogP contribution is 2.23. The van der Waals surface area contributed by atoms with Crippen molar-refractivity contribution in [3.8, 4) is 0 Å². The highest BCUT2D eigenvalue weighted by atomic mass is 16.2. The highest BCUT2D eigenvalue weighted by Gasteiger charge is 2.32. The van der Waals surface area contributed by atoms with Crippen molar-refractivity contribution in [3.63, 3.8) is 0 Å². The zero-order valence-electron chi connectivity index (χ0n) is 30.9. The normalized spacial score (nSPS) is 13.9. The molecule has 5 atom stereocenters. The SMILES string of the molecule is CCCC[C@H](NC(C)=O)C(=O)N[C@H](Cc1ccccc1)C(=O)C[C@@H](CCCN=C(N)N)C(=O)N[C@@H](C)C(=O)C[C@@H](Cc1c[nH]c2ccccc12)C(N)=O. The quantitative estimate of drug-likeness (QED) is 0.0433. The summed E-state index contributed by atoms with van der Waals surface area (Å²) >= 11 is 0. The van der Waals surface area contributed by atoms with Gasteiger partial charge in [0, 0.05) is 55.2 Å². The number of para-hydroxylation sites is 1. The Morgan fingerprint density at radius 1 is 0.755 bits per heavy atom. The predicted molar refractivity (Wildman–Crippen MR) is 204 cm³/mol. The third-order valence-electron chi connectivity index (χ3n) is 9.18. The van der Waals surface area contributed by atoms with Gasteiger partial charge in [-0.2, -0.15) is 0 Å². The molecule has 0 fully saturated rings. The molecule has 3 aromatic rings. The first kappa shape index (κ1) is 41.9. The topological polar surface area (TPSA) is 245 Å². The average Bonchev–Trinajstić information content (AvgIpc) is 3.53. The lowest BCUT2D eigenvalue weighted by Gasteiger charge is -2.25. The molecule has 0 saturated carbocycles. The van der Waals surface area contributed by atoms with Gasteiger partial charge >= 0.3 is 0 Å². The van der Waals surface area contributed by atoms with Crippen LogP contribution in [0.5, 0.6) is 0 Å². The molecule has 2 aromatic carbocycles. The van der Waals surface area contributed by atoms with Crippen LogP contribution in [0.3, 0.4) is 0 Å². The van der Waals surface area contributed by atoms with Gasteiger partial charge in [0.15, 0.2) is 17.5 Å². The van der Waals surface area contributed by atoms with Gasteiger partial charge in [-0.05, 0) is 56.2 Å². The Labute approximate surface area is 310 Å². The Balaban J connectivity index is 1.77. The van der Waals surface area contributed by atoms with Crippen LogP contribution in [0.1, 0.15) is 76.8 Å². The van der Waals surface area contributed by atoms with E-state index in [9.17, 15) is 28.8 Å². The molecule has 1 aromatic heterocycles. The molecule has 0 aliphatic heterocycles. The smallest absolute Gasteiger partial charge is 0.243 e. The van der Waals surface area contributed by atoms with Crippen molar-refractivity contribution in [2.45, 2.75) is 96.7 Å². The molecule has 0 saturated heterocycles. The van der Waals surface area contributed by atoms with Crippen molar-refractivity contribution in [3.05, 3.63) is 71.9 Å². The number of aromatic amines is 1. The van der Waals surface area contributed by atoms with E-state index in [0.29, 0.717) is 19.3 Å². The molecule has 1 heterocycles. The summed E-state index contributed by atoms with van der Waals surface area (Å²) in [5.41, 5.74) is 19.2. The minimum atomic E-state index is -1.00. The molecule has 53 heavy (non-hydrogen) atoms. The molecule has 0 aliphatic carbocycles. The zero-order valence-corrected chi connectivity index (χ0v) is 30.9. The first-order valence-electron chi connectivity index (χ1n) is 18.2. The van der Waals surface area contributed by atoms with E-state index in [1.54, 1.807) is 6.20 Å². The number of carbonyl (C=O) groups excluding carboxylic acids is 6. The molecular weight excluding hydrogens is 676 g/mol. The van der Waals surface area contributed by atoms with Gasteiger partial charge in [0.1, 0.15) is 6.04 Å². The Bertz CT molecular complexity index is 1740. The molecule has 3 rings (SSSR count). The second kappa shape index (κ2) is 21.1. The molecule has 4 amide bonds. The van der Waals surface area contributed by atoms with Crippen LogP contribution in [0.25, 0.3) is 10.9 Å². The molecule has 286 valence electrons. The number of fused-ring (bicyclic) bond motifs is 1. The Kier molecular flexibility index (Phi) is 16.7. The Hall–Kier alpha value is -5.53. The number of hydrogen-bond donors (Lipinski definition) is 7. The molecular formula is C39H54N8O6. The first-order valence-corrected chi connectivity index (χ1v) is 18.2. The summed E-state index contributed by atoms with van der Waals surface area (Å²) in [6.45, 7) is 5.04.